The fourth-order valence-corrected chi connectivity index (χ4v) is 4.68. The van der Waals surface area contributed by atoms with Gasteiger partial charge in [0.1, 0.15) is 17.9 Å². The van der Waals surface area contributed by atoms with Gasteiger partial charge in [-0.05, 0) is 38.8 Å². The maximum Gasteiger partial charge on any atom is 0.459 e. The van der Waals surface area contributed by atoms with Gasteiger partial charge in [0, 0.05) is 0 Å². The third-order valence-corrected chi connectivity index (χ3v) is 6.16. The van der Waals surface area contributed by atoms with E-state index in [1.165, 1.54) is 12.6 Å². The van der Waals surface area contributed by atoms with E-state index in [4.69, 9.17) is 28.5 Å². The van der Waals surface area contributed by atoms with Crippen LogP contribution in [0, 0.1) is 12.8 Å². The van der Waals surface area contributed by atoms with Crippen LogP contribution in [-0.2, 0) is 32.9 Å². The summed E-state index contributed by atoms with van der Waals surface area (Å²) in [5.74, 6) is -2.70. The van der Waals surface area contributed by atoms with Crippen LogP contribution in [0.4, 0.5) is 0 Å². The molecule has 2 rings (SSSR count). The normalized spacial score (nSPS) is 22.8. The molecule has 3 N–H and O–H groups in total. The Morgan fingerprint density at radius 2 is 1.84 bits per heavy atom. The largest absolute Gasteiger partial charge is 0.468 e. The van der Waals surface area contributed by atoms with Gasteiger partial charge in [-0.25, -0.2) is 10.0 Å². The van der Waals surface area contributed by atoms with Gasteiger partial charge in [-0.1, -0.05) is 31.5 Å². The van der Waals surface area contributed by atoms with Gasteiger partial charge >= 0.3 is 13.7 Å². The summed E-state index contributed by atoms with van der Waals surface area (Å²) >= 11 is 0. The van der Waals surface area contributed by atoms with Crippen molar-refractivity contribution in [3.63, 3.8) is 0 Å². The highest BCUT2D eigenvalue weighted by atomic mass is 31.2. The van der Waals surface area contributed by atoms with Crippen LogP contribution in [0.15, 0.2) is 24.3 Å². The monoisotopic (exact) mass is 474 g/mol. The van der Waals surface area contributed by atoms with Crippen molar-refractivity contribution in [2.24, 2.45) is 5.92 Å². The summed E-state index contributed by atoms with van der Waals surface area (Å²) in [6.45, 7) is 8.12. The highest BCUT2D eigenvalue weighted by Crippen LogP contribution is 2.46. The second kappa shape index (κ2) is 10.7. The summed E-state index contributed by atoms with van der Waals surface area (Å²) in [4.78, 5) is 24.2. The summed E-state index contributed by atoms with van der Waals surface area (Å²) < 4.78 is 40.8. The average molecular weight is 474 g/mol. The third-order valence-electron chi connectivity index (χ3n) is 4.63. The number of benzene rings is 1. The molecule has 0 aliphatic carbocycles. The average Bonchev–Trinajstić information content (AvgIpc) is 3.05. The lowest BCUT2D eigenvalue weighted by atomic mass is 10.1. The molecule has 180 valence electrons. The van der Waals surface area contributed by atoms with Crippen molar-refractivity contribution >= 4 is 19.6 Å². The Morgan fingerprint density at radius 1 is 1.22 bits per heavy atom. The molecule has 1 aliphatic heterocycles. The number of amides is 1. The van der Waals surface area contributed by atoms with Crippen LogP contribution in [0.3, 0.4) is 0 Å². The van der Waals surface area contributed by atoms with E-state index in [-0.39, 0.29) is 11.7 Å². The predicted octanol–water partition coefficient (Wildman–Crippen LogP) is 2.31. The first kappa shape index (κ1) is 26.2. The van der Waals surface area contributed by atoms with E-state index in [1.54, 1.807) is 52.0 Å². The Labute approximate surface area is 187 Å². The van der Waals surface area contributed by atoms with E-state index in [2.05, 4.69) is 5.09 Å². The fraction of sp³-hybridized carbons (Fsp3) is 0.600. The quantitative estimate of drug-likeness (QED) is 0.200. The van der Waals surface area contributed by atoms with Gasteiger partial charge in [-0.15, -0.1) is 0 Å². The summed E-state index contributed by atoms with van der Waals surface area (Å²) in [5.41, 5.74) is 2.48. The molecule has 0 bridgehead atoms. The number of nitrogens with one attached hydrogen (secondary N) is 2. The maximum absolute atomic E-state index is 13.7. The van der Waals surface area contributed by atoms with Gasteiger partial charge in [0.2, 0.25) is 0 Å². The van der Waals surface area contributed by atoms with Crippen molar-refractivity contribution in [2.75, 3.05) is 13.7 Å². The van der Waals surface area contributed by atoms with Gasteiger partial charge in [-0.3, -0.25) is 19.3 Å². The first-order chi connectivity index (χ1) is 14.9. The molecule has 1 heterocycles. The van der Waals surface area contributed by atoms with Crippen LogP contribution in [0.2, 0.25) is 0 Å². The molecule has 1 fully saturated rings. The molecule has 1 aliphatic rings. The topological polar surface area (TPSA) is 142 Å². The first-order valence-electron chi connectivity index (χ1n) is 10.1. The van der Waals surface area contributed by atoms with Gasteiger partial charge < -0.3 is 18.7 Å². The molecule has 1 saturated heterocycles. The van der Waals surface area contributed by atoms with E-state index < -0.39 is 50.3 Å². The van der Waals surface area contributed by atoms with E-state index >= 15 is 0 Å². The molecule has 11 nitrogen and oxygen atoms in total. The second-order valence-corrected chi connectivity index (χ2v) is 9.84. The Kier molecular flexibility index (Phi) is 8.81. The summed E-state index contributed by atoms with van der Waals surface area (Å²) in [7, 11) is -2.96. The van der Waals surface area contributed by atoms with Crippen molar-refractivity contribution in [1.82, 2.24) is 10.6 Å². The summed E-state index contributed by atoms with van der Waals surface area (Å²) in [6.07, 6.45) is -2.23. The van der Waals surface area contributed by atoms with Crippen LogP contribution in [0.1, 0.15) is 33.3 Å². The molecule has 0 spiro atoms. The minimum Gasteiger partial charge on any atom is -0.468 e. The van der Waals surface area contributed by atoms with Crippen molar-refractivity contribution < 1.29 is 42.6 Å². The minimum absolute atomic E-state index is 0.243. The number of hydroxylamine groups is 1. The number of hydrogen-bond acceptors (Lipinski definition) is 9. The van der Waals surface area contributed by atoms with E-state index in [1.807, 2.05) is 6.92 Å². The zero-order valence-electron chi connectivity index (χ0n) is 19.0. The van der Waals surface area contributed by atoms with Crippen molar-refractivity contribution in [1.29, 1.82) is 0 Å². The summed E-state index contributed by atoms with van der Waals surface area (Å²) in [6, 6.07) is 5.74. The molecule has 0 aromatic heterocycles. The lowest BCUT2D eigenvalue weighted by Crippen LogP contribution is -2.43. The Morgan fingerprint density at radius 3 is 2.38 bits per heavy atom. The van der Waals surface area contributed by atoms with Crippen LogP contribution in [-0.4, -0.2) is 54.8 Å². The van der Waals surface area contributed by atoms with Gasteiger partial charge in [-0.2, -0.15) is 5.09 Å². The van der Waals surface area contributed by atoms with Gasteiger partial charge in [0.05, 0.1) is 13.7 Å². The highest BCUT2D eigenvalue weighted by molar-refractivity contribution is 7.52. The van der Waals surface area contributed by atoms with Crippen LogP contribution in [0.25, 0.3) is 0 Å². The molecular formula is C20H31N2O9P. The van der Waals surface area contributed by atoms with Gasteiger partial charge in [0.15, 0.2) is 11.9 Å². The number of carbonyl (C=O) groups is 2. The Bertz CT molecular complexity index is 844. The third kappa shape index (κ3) is 6.99. The molecule has 12 heteroatoms. The lowest BCUT2D eigenvalue weighted by molar-refractivity contribution is -0.160. The minimum atomic E-state index is -4.17. The molecule has 1 aromatic rings. The van der Waals surface area contributed by atoms with Crippen molar-refractivity contribution in [3.8, 4) is 5.75 Å². The van der Waals surface area contributed by atoms with E-state index in [9.17, 15) is 14.2 Å². The van der Waals surface area contributed by atoms with Crippen LogP contribution >= 0.6 is 7.75 Å². The maximum atomic E-state index is 13.7. The molecule has 1 aromatic carbocycles. The number of aryl methyl sites for hydroxylation is 1. The zero-order valence-corrected chi connectivity index (χ0v) is 19.9. The Hall–Kier alpha value is -2.01. The van der Waals surface area contributed by atoms with E-state index in [0.717, 1.165) is 5.56 Å². The molecule has 1 unspecified atom stereocenters. The number of hydrogen-bond donors (Lipinski definition) is 3. The SMILES string of the molecule is COC(=O)[C@@H](NP(=O)(OC[C@H]1OC(C)(C)O[C@H]1C(=O)NO)Oc1ccc(C)cc1)C(C)C. The lowest BCUT2D eigenvalue weighted by Gasteiger charge is -2.27. The molecular weight excluding hydrogens is 443 g/mol. The molecule has 4 atom stereocenters. The van der Waals surface area contributed by atoms with Crippen molar-refractivity contribution in [3.05, 3.63) is 29.8 Å². The number of esters is 1. The highest BCUT2D eigenvalue weighted by Gasteiger charge is 2.47. The van der Waals surface area contributed by atoms with E-state index in [0.29, 0.717) is 0 Å². The summed E-state index contributed by atoms with van der Waals surface area (Å²) in [5, 5.41) is 11.6. The first-order valence-corrected chi connectivity index (χ1v) is 11.6. The second-order valence-electron chi connectivity index (χ2n) is 8.14. The van der Waals surface area contributed by atoms with Crippen molar-refractivity contribution in [2.45, 2.75) is 58.7 Å². The van der Waals surface area contributed by atoms with Crippen LogP contribution in [0.5, 0.6) is 5.75 Å². The predicted molar refractivity (Wildman–Crippen MR) is 113 cm³/mol. The number of ether oxygens (including phenoxy) is 3. The van der Waals surface area contributed by atoms with Gasteiger partial charge in [0.25, 0.3) is 5.91 Å². The standard InChI is InChI=1S/C20H31N2O9P/c1-12(2)16(19(24)27-6)22-32(26,31-14-9-7-13(3)8-10-14)28-11-15-17(18(23)21-25)30-20(4,5)29-15/h7-10,12,15-17,25H,11H2,1-6H3,(H,21,23)(H,22,26)/t15-,16+,17-,32?/m1/s1. The number of methoxy groups -OCH3 is 1. The zero-order chi connectivity index (χ0) is 24.1. The molecule has 1 amide bonds. The smallest absolute Gasteiger partial charge is 0.459 e. The van der Waals surface area contributed by atoms with Crippen LogP contribution < -0.4 is 15.1 Å². The molecule has 32 heavy (non-hydrogen) atoms. The fourth-order valence-electron chi connectivity index (χ4n) is 3.01. The number of carbonyl (C=O) groups excluding carboxylic acids is 2. The number of rotatable bonds is 10. The molecule has 0 saturated carbocycles. The molecule has 0 radical (unpaired) electrons. The Balaban J connectivity index is 2.27.